The maximum Gasteiger partial charge on any atom is 0.0696 e. The van der Waals surface area contributed by atoms with E-state index in [-0.39, 0.29) is 0 Å². The number of aryl methyl sites for hydroxylation is 1. The van der Waals surface area contributed by atoms with E-state index in [1.54, 1.807) is 0 Å². The van der Waals surface area contributed by atoms with Crippen LogP contribution in [-0.2, 0) is 11.3 Å². The summed E-state index contributed by atoms with van der Waals surface area (Å²) >= 11 is 3.58. The van der Waals surface area contributed by atoms with E-state index in [2.05, 4.69) is 33.3 Å². The fourth-order valence-corrected chi connectivity index (χ4v) is 3.00. The number of hydrogen-bond acceptors (Lipinski definition) is 3. The summed E-state index contributed by atoms with van der Waals surface area (Å²) in [5, 5.41) is 7.74. The molecule has 0 radical (unpaired) electrons. The molecule has 4 nitrogen and oxygen atoms in total. The normalized spacial score (nSPS) is 21.9. The van der Waals surface area contributed by atoms with Crippen molar-refractivity contribution in [3.63, 3.8) is 0 Å². The van der Waals surface area contributed by atoms with Crippen molar-refractivity contribution in [3.8, 4) is 0 Å². The number of aromatic nitrogens is 2. The molecule has 5 heteroatoms. The Kier molecular flexibility index (Phi) is 4.59. The zero-order chi connectivity index (χ0) is 12.3. The second-order valence-corrected chi connectivity index (χ2v) is 5.26. The molecule has 0 spiro atoms. The molecule has 96 valence electrons. The quantitative estimate of drug-likeness (QED) is 0.908. The van der Waals surface area contributed by atoms with Crippen LogP contribution in [-0.4, -0.2) is 29.5 Å². The number of halogens is 1. The summed E-state index contributed by atoms with van der Waals surface area (Å²) in [5.74, 6) is 0. The third kappa shape index (κ3) is 2.89. The minimum atomic E-state index is 0.301. The van der Waals surface area contributed by atoms with Crippen molar-refractivity contribution in [3.05, 3.63) is 16.4 Å². The Morgan fingerprint density at radius 3 is 3.12 bits per heavy atom. The van der Waals surface area contributed by atoms with E-state index in [0.29, 0.717) is 12.1 Å². The van der Waals surface area contributed by atoms with Crippen LogP contribution in [0, 0.1) is 0 Å². The van der Waals surface area contributed by atoms with E-state index < -0.39 is 0 Å². The van der Waals surface area contributed by atoms with Crippen LogP contribution in [0.2, 0.25) is 0 Å². The molecule has 2 heterocycles. The summed E-state index contributed by atoms with van der Waals surface area (Å²) in [6.45, 7) is 3.92. The summed E-state index contributed by atoms with van der Waals surface area (Å²) in [7, 11) is 2.00. The van der Waals surface area contributed by atoms with E-state index >= 15 is 0 Å². The van der Waals surface area contributed by atoms with E-state index in [4.69, 9.17) is 4.74 Å². The lowest BCUT2D eigenvalue weighted by Crippen LogP contribution is -2.25. The fourth-order valence-electron chi connectivity index (χ4n) is 2.43. The van der Waals surface area contributed by atoms with Gasteiger partial charge in [0, 0.05) is 13.2 Å². The van der Waals surface area contributed by atoms with Crippen LogP contribution in [0.4, 0.5) is 0 Å². The molecule has 1 aliphatic heterocycles. The van der Waals surface area contributed by atoms with Gasteiger partial charge in [0.05, 0.1) is 28.5 Å². The predicted octanol–water partition coefficient (Wildman–Crippen LogP) is 2.50. The van der Waals surface area contributed by atoms with Crippen LogP contribution in [0.1, 0.15) is 37.9 Å². The second kappa shape index (κ2) is 5.98. The third-order valence-electron chi connectivity index (χ3n) is 3.33. The molecule has 1 N–H and O–H groups in total. The van der Waals surface area contributed by atoms with Crippen molar-refractivity contribution in [2.75, 3.05) is 13.7 Å². The molecule has 0 saturated carbocycles. The van der Waals surface area contributed by atoms with Crippen LogP contribution in [0.25, 0.3) is 0 Å². The molecule has 1 aromatic heterocycles. The van der Waals surface area contributed by atoms with Gasteiger partial charge in [-0.05, 0) is 49.2 Å². The molecule has 2 rings (SSSR count). The van der Waals surface area contributed by atoms with Gasteiger partial charge in [-0.25, -0.2) is 0 Å². The minimum Gasteiger partial charge on any atom is -0.378 e. The molecule has 1 aliphatic rings. The fraction of sp³-hybridized carbons (Fsp3) is 0.750. The van der Waals surface area contributed by atoms with E-state index in [1.165, 1.54) is 18.5 Å². The summed E-state index contributed by atoms with van der Waals surface area (Å²) in [6.07, 6.45) is 5.64. The van der Waals surface area contributed by atoms with Crippen molar-refractivity contribution < 1.29 is 4.74 Å². The molecular formula is C12H20BrN3O. The van der Waals surface area contributed by atoms with Gasteiger partial charge >= 0.3 is 0 Å². The van der Waals surface area contributed by atoms with Gasteiger partial charge in [-0.15, -0.1) is 0 Å². The predicted molar refractivity (Wildman–Crippen MR) is 71.0 cm³/mol. The lowest BCUT2D eigenvalue weighted by molar-refractivity contribution is 0.0944. The molecular weight excluding hydrogens is 282 g/mol. The number of hydrogen-bond donors (Lipinski definition) is 1. The van der Waals surface area contributed by atoms with Gasteiger partial charge in [-0.3, -0.25) is 4.68 Å². The van der Waals surface area contributed by atoms with Crippen LogP contribution in [0.5, 0.6) is 0 Å². The Labute approximate surface area is 111 Å². The molecule has 1 fully saturated rings. The van der Waals surface area contributed by atoms with Crippen molar-refractivity contribution in [1.29, 1.82) is 0 Å². The summed E-state index contributed by atoms with van der Waals surface area (Å²) in [5.41, 5.74) is 1.23. The lowest BCUT2D eigenvalue weighted by atomic mass is 10.0. The first-order valence-corrected chi connectivity index (χ1v) is 7.05. The molecule has 0 amide bonds. The first kappa shape index (κ1) is 13.1. The Morgan fingerprint density at radius 2 is 2.53 bits per heavy atom. The van der Waals surface area contributed by atoms with Gasteiger partial charge in [-0.1, -0.05) is 0 Å². The van der Waals surface area contributed by atoms with E-state index in [9.17, 15) is 0 Å². The maximum atomic E-state index is 5.71. The van der Waals surface area contributed by atoms with Crippen LogP contribution < -0.4 is 5.32 Å². The largest absolute Gasteiger partial charge is 0.378 e. The minimum absolute atomic E-state index is 0.301. The molecule has 2 atom stereocenters. The first-order valence-electron chi connectivity index (χ1n) is 6.26. The number of rotatable bonds is 5. The van der Waals surface area contributed by atoms with Crippen LogP contribution in [0.15, 0.2) is 10.7 Å². The zero-order valence-corrected chi connectivity index (χ0v) is 12.0. The van der Waals surface area contributed by atoms with Crippen molar-refractivity contribution in [2.24, 2.45) is 0 Å². The Hall–Kier alpha value is -0.390. The van der Waals surface area contributed by atoms with Gasteiger partial charge in [0.1, 0.15) is 0 Å². The topological polar surface area (TPSA) is 39.1 Å². The van der Waals surface area contributed by atoms with E-state index in [0.717, 1.165) is 24.0 Å². The summed E-state index contributed by atoms with van der Waals surface area (Å²) in [6, 6.07) is 0.301. The van der Waals surface area contributed by atoms with Crippen LogP contribution in [0.3, 0.4) is 0 Å². The van der Waals surface area contributed by atoms with Crippen molar-refractivity contribution in [1.82, 2.24) is 15.1 Å². The van der Waals surface area contributed by atoms with Crippen molar-refractivity contribution >= 4 is 15.9 Å². The lowest BCUT2D eigenvalue weighted by Gasteiger charge is -2.21. The first-order chi connectivity index (χ1) is 8.26. The molecule has 17 heavy (non-hydrogen) atoms. The monoisotopic (exact) mass is 301 g/mol. The Balaban J connectivity index is 2.12. The average molecular weight is 302 g/mol. The molecule has 1 aromatic rings. The molecule has 0 aromatic carbocycles. The Morgan fingerprint density at radius 1 is 1.71 bits per heavy atom. The molecule has 2 unspecified atom stereocenters. The second-order valence-electron chi connectivity index (χ2n) is 4.41. The van der Waals surface area contributed by atoms with Gasteiger partial charge in [0.25, 0.3) is 0 Å². The maximum absolute atomic E-state index is 5.71. The summed E-state index contributed by atoms with van der Waals surface area (Å²) < 4.78 is 8.83. The molecule has 0 bridgehead atoms. The number of ether oxygens (including phenoxy) is 1. The van der Waals surface area contributed by atoms with Gasteiger partial charge in [-0.2, -0.15) is 5.10 Å². The highest BCUT2D eigenvalue weighted by atomic mass is 79.9. The highest BCUT2D eigenvalue weighted by molar-refractivity contribution is 9.10. The average Bonchev–Trinajstić information content (AvgIpc) is 2.95. The standard InChI is InChI=1S/C12H20BrN3O/c1-3-16-12(10(13)8-15-16)11(14-2)7-9-5-4-6-17-9/h8-9,11,14H,3-7H2,1-2H3. The van der Waals surface area contributed by atoms with Gasteiger partial charge in [0.15, 0.2) is 0 Å². The molecule has 0 aliphatic carbocycles. The summed E-state index contributed by atoms with van der Waals surface area (Å²) in [4.78, 5) is 0. The van der Waals surface area contributed by atoms with Crippen molar-refractivity contribution in [2.45, 2.75) is 44.9 Å². The highest BCUT2D eigenvalue weighted by Crippen LogP contribution is 2.29. The Bertz CT molecular complexity index is 361. The van der Waals surface area contributed by atoms with Gasteiger partial charge in [0.2, 0.25) is 0 Å². The smallest absolute Gasteiger partial charge is 0.0696 e. The highest BCUT2D eigenvalue weighted by Gasteiger charge is 2.24. The van der Waals surface area contributed by atoms with Gasteiger partial charge < -0.3 is 10.1 Å². The number of nitrogens with zero attached hydrogens (tertiary/aromatic N) is 2. The third-order valence-corrected chi connectivity index (χ3v) is 3.94. The van der Waals surface area contributed by atoms with Crippen LogP contribution >= 0.6 is 15.9 Å². The zero-order valence-electron chi connectivity index (χ0n) is 10.4. The molecule has 1 saturated heterocycles. The SMILES string of the molecule is CCn1ncc(Br)c1C(CC1CCCO1)NC. The number of nitrogens with one attached hydrogen (secondary N) is 1. The van der Waals surface area contributed by atoms with E-state index in [1.807, 2.05) is 17.9 Å².